The van der Waals surface area contributed by atoms with Crippen molar-refractivity contribution in [1.82, 2.24) is 5.32 Å². The van der Waals surface area contributed by atoms with E-state index in [1.807, 2.05) is 0 Å². The molecule has 1 aliphatic heterocycles. The summed E-state index contributed by atoms with van der Waals surface area (Å²) in [4.78, 5) is 11.9. The number of hydrogen-bond donors (Lipinski definition) is 2. The van der Waals surface area contributed by atoms with Crippen LogP contribution in [-0.4, -0.2) is 34.7 Å². The summed E-state index contributed by atoms with van der Waals surface area (Å²) in [5.41, 5.74) is 1.81. The van der Waals surface area contributed by atoms with Crippen LogP contribution >= 0.6 is 11.8 Å². The van der Waals surface area contributed by atoms with Gasteiger partial charge in [-0.3, -0.25) is 4.79 Å². The molecule has 2 N–H and O–H groups in total. The van der Waals surface area contributed by atoms with Gasteiger partial charge in [0.2, 0.25) is 5.91 Å². The largest absolute Gasteiger partial charge is 0.387 e. The maximum absolute atomic E-state index is 11.9. The molecule has 0 spiro atoms. The lowest BCUT2D eigenvalue weighted by Crippen LogP contribution is -2.43. The van der Waals surface area contributed by atoms with Crippen molar-refractivity contribution in [2.75, 3.05) is 18.1 Å². The highest BCUT2D eigenvalue weighted by molar-refractivity contribution is 7.99. The number of nitrogens with one attached hydrogen (secondary N) is 1. The number of amides is 1. The van der Waals surface area contributed by atoms with Gasteiger partial charge in [-0.25, -0.2) is 0 Å². The quantitative estimate of drug-likeness (QED) is 0.849. The summed E-state index contributed by atoms with van der Waals surface area (Å²) in [7, 11) is 0. The van der Waals surface area contributed by atoms with Crippen molar-refractivity contribution < 1.29 is 9.90 Å². The van der Waals surface area contributed by atoms with Crippen LogP contribution in [0.25, 0.3) is 0 Å². The topological polar surface area (TPSA) is 49.3 Å². The molecule has 1 heterocycles. The minimum absolute atomic E-state index is 0.0215. The van der Waals surface area contributed by atoms with Gasteiger partial charge in [0.05, 0.1) is 5.60 Å². The van der Waals surface area contributed by atoms with Gasteiger partial charge in [0.1, 0.15) is 0 Å². The number of benzene rings is 1. The Bertz CT molecular complexity index is 464. The second kappa shape index (κ2) is 7.32. The third-order valence-corrected chi connectivity index (χ3v) is 5.22. The minimum atomic E-state index is -0.695. The fraction of sp³-hybridized carbons (Fsp3) is 0.588. The van der Waals surface area contributed by atoms with E-state index < -0.39 is 5.60 Å². The van der Waals surface area contributed by atoms with Gasteiger partial charge in [0.15, 0.2) is 0 Å². The molecule has 0 aliphatic carbocycles. The van der Waals surface area contributed by atoms with E-state index in [-0.39, 0.29) is 5.91 Å². The van der Waals surface area contributed by atoms with Crippen LogP contribution in [0.15, 0.2) is 24.3 Å². The van der Waals surface area contributed by atoms with Gasteiger partial charge in [-0.05, 0) is 35.6 Å². The molecule has 0 aromatic heterocycles. The van der Waals surface area contributed by atoms with E-state index in [0.717, 1.165) is 24.3 Å². The predicted octanol–water partition coefficient (Wildman–Crippen LogP) is 2.73. The molecule has 0 bridgehead atoms. The fourth-order valence-electron chi connectivity index (χ4n) is 2.41. The van der Waals surface area contributed by atoms with Crippen molar-refractivity contribution in [2.45, 2.75) is 44.6 Å². The highest BCUT2D eigenvalue weighted by atomic mass is 32.2. The Labute approximate surface area is 131 Å². The Morgan fingerprint density at radius 3 is 2.67 bits per heavy atom. The van der Waals surface area contributed by atoms with Gasteiger partial charge < -0.3 is 10.4 Å². The number of hydrogen-bond acceptors (Lipinski definition) is 3. The van der Waals surface area contributed by atoms with Crippen LogP contribution in [0, 0.1) is 0 Å². The number of carbonyl (C=O) groups excluding carboxylic acids is 1. The first-order valence-corrected chi connectivity index (χ1v) is 8.80. The van der Waals surface area contributed by atoms with Crippen LogP contribution < -0.4 is 5.32 Å². The number of carbonyl (C=O) groups is 1. The third kappa shape index (κ3) is 5.04. The molecule has 1 atom stereocenters. The lowest BCUT2D eigenvalue weighted by atomic mass is 10.00. The van der Waals surface area contributed by atoms with Crippen molar-refractivity contribution in [2.24, 2.45) is 0 Å². The summed E-state index contributed by atoms with van der Waals surface area (Å²) in [5.74, 6) is 2.26. The van der Waals surface area contributed by atoms with E-state index >= 15 is 0 Å². The molecule has 1 fully saturated rings. The monoisotopic (exact) mass is 307 g/mol. The number of rotatable bonds is 6. The van der Waals surface area contributed by atoms with Gasteiger partial charge in [-0.2, -0.15) is 11.8 Å². The Morgan fingerprint density at radius 1 is 1.38 bits per heavy atom. The van der Waals surface area contributed by atoms with Gasteiger partial charge in [-0.15, -0.1) is 0 Å². The molecular weight excluding hydrogens is 282 g/mol. The van der Waals surface area contributed by atoms with Crippen molar-refractivity contribution in [3.05, 3.63) is 35.4 Å². The second-order valence-electron chi connectivity index (χ2n) is 6.20. The van der Waals surface area contributed by atoms with Crippen LogP contribution in [0.3, 0.4) is 0 Å². The normalized spacial score (nSPS) is 21.7. The summed E-state index contributed by atoms with van der Waals surface area (Å²) < 4.78 is 0. The van der Waals surface area contributed by atoms with Gasteiger partial charge in [0.25, 0.3) is 0 Å². The van der Waals surface area contributed by atoms with Crippen LogP contribution in [0.4, 0.5) is 0 Å². The Balaban J connectivity index is 1.73. The van der Waals surface area contributed by atoms with Crippen LogP contribution in [0.1, 0.15) is 43.7 Å². The standard InChI is InChI=1S/C17H25NO2S/c1-13(2)15-6-3-14(4-7-15)5-8-16(19)18-11-17(20)9-10-21-12-17/h3-4,6-7,13,20H,5,8-12H2,1-2H3,(H,18,19). The molecule has 2 rings (SSSR count). The molecule has 1 unspecified atom stereocenters. The molecule has 0 radical (unpaired) electrons. The molecule has 1 aromatic carbocycles. The number of aliphatic hydroxyl groups is 1. The van der Waals surface area contributed by atoms with E-state index in [4.69, 9.17) is 0 Å². The maximum Gasteiger partial charge on any atom is 0.220 e. The maximum atomic E-state index is 11.9. The zero-order valence-electron chi connectivity index (χ0n) is 12.9. The first-order valence-electron chi connectivity index (χ1n) is 7.64. The molecule has 1 saturated heterocycles. The first-order chi connectivity index (χ1) is 9.98. The highest BCUT2D eigenvalue weighted by Gasteiger charge is 2.31. The molecule has 1 amide bonds. The average molecular weight is 307 g/mol. The van der Waals surface area contributed by atoms with Crippen molar-refractivity contribution in [3.63, 3.8) is 0 Å². The molecule has 3 nitrogen and oxygen atoms in total. The van der Waals surface area contributed by atoms with Gasteiger partial charge in [-0.1, -0.05) is 38.1 Å². The number of thioether (sulfide) groups is 1. The van der Waals surface area contributed by atoms with E-state index in [1.165, 1.54) is 11.1 Å². The molecule has 1 aliphatic rings. The zero-order chi connectivity index (χ0) is 15.3. The van der Waals surface area contributed by atoms with E-state index in [9.17, 15) is 9.90 Å². The zero-order valence-corrected chi connectivity index (χ0v) is 13.7. The Hall–Kier alpha value is -1.00. The van der Waals surface area contributed by atoms with Gasteiger partial charge in [0, 0.05) is 18.7 Å². The molecular formula is C17H25NO2S. The fourth-order valence-corrected chi connectivity index (χ4v) is 3.71. The first kappa shape index (κ1) is 16.4. The summed E-state index contributed by atoms with van der Waals surface area (Å²) in [6.07, 6.45) is 2.00. The average Bonchev–Trinajstić information content (AvgIpc) is 2.91. The number of aryl methyl sites for hydroxylation is 1. The lowest BCUT2D eigenvalue weighted by Gasteiger charge is -2.21. The van der Waals surface area contributed by atoms with Crippen LogP contribution in [0.5, 0.6) is 0 Å². The molecule has 0 saturated carbocycles. The summed E-state index contributed by atoms with van der Waals surface area (Å²) in [5, 5.41) is 13.0. The van der Waals surface area contributed by atoms with Crippen molar-refractivity contribution in [1.29, 1.82) is 0 Å². The van der Waals surface area contributed by atoms with E-state index in [2.05, 4.69) is 43.4 Å². The van der Waals surface area contributed by atoms with Crippen LogP contribution in [0.2, 0.25) is 0 Å². The third-order valence-electron chi connectivity index (χ3n) is 3.98. The summed E-state index contributed by atoms with van der Waals surface area (Å²) >= 11 is 1.75. The second-order valence-corrected chi connectivity index (χ2v) is 7.31. The molecule has 21 heavy (non-hydrogen) atoms. The smallest absolute Gasteiger partial charge is 0.220 e. The minimum Gasteiger partial charge on any atom is -0.387 e. The van der Waals surface area contributed by atoms with Crippen molar-refractivity contribution >= 4 is 17.7 Å². The van der Waals surface area contributed by atoms with Crippen LogP contribution in [-0.2, 0) is 11.2 Å². The lowest BCUT2D eigenvalue weighted by molar-refractivity contribution is -0.122. The highest BCUT2D eigenvalue weighted by Crippen LogP contribution is 2.26. The Kier molecular flexibility index (Phi) is 5.71. The molecule has 4 heteroatoms. The van der Waals surface area contributed by atoms with E-state index in [0.29, 0.717) is 18.9 Å². The SMILES string of the molecule is CC(C)c1ccc(CCC(=O)NCC2(O)CCSC2)cc1. The Morgan fingerprint density at radius 2 is 2.10 bits per heavy atom. The molecule has 116 valence electrons. The van der Waals surface area contributed by atoms with Crippen molar-refractivity contribution in [3.8, 4) is 0 Å². The van der Waals surface area contributed by atoms with E-state index in [1.54, 1.807) is 11.8 Å². The summed E-state index contributed by atoms with van der Waals surface area (Å²) in [6, 6.07) is 8.47. The van der Waals surface area contributed by atoms with Gasteiger partial charge >= 0.3 is 0 Å². The predicted molar refractivity (Wildman–Crippen MR) is 88.8 cm³/mol. The molecule has 1 aromatic rings. The summed E-state index contributed by atoms with van der Waals surface area (Å²) in [6.45, 7) is 4.73.